The van der Waals surface area contributed by atoms with Crippen LogP contribution in [0.4, 0.5) is 0 Å². The molecule has 6 aromatic rings. The van der Waals surface area contributed by atoms with Gasteiger partial charge in [-0.2, -0.15) is 0 Å². The van der Waals surface area contributed by atoms with Crippen molar-refractivity contribution in [2.24, 2.45) is 0 Å². The maximum Gasteiger partial charge on any atom is 0.268 e. The number of aromatic nitrogens is 1. The maximum atomic E-state index is 13.7. The van der Waals surface area contributed by atoms with Crippen LogP contribution in [0.3, 0.4) is 0 Å². The van der Waals surface area contributed by atoms with Gasteiger partial charge in [-0.25, -0.2) is 12.4 Å². The molecule has 0 aliphatic heterocycles. The van der Waals surface area contributed by atoms with Crippen molar-refractivity contribution in [3.63, 3.8) is 0 Å². The van der Waals surface area contributed by atoms with E-state index in [4.69, 9.17) is 0 Å². The van der Waals surface area contributed by atoms with Gasteiger partial charge in [0.25, 0.3) is 10.0 Å². The highest BCUT2D eigenvalue weighted by Gasteiger charge is 2.23. The molecule has 0 fully saturated rings. The summed E-state index contributed by atoms with van der Waals surface area (Å²) in [4.78, 5) is 0.283. The Labute approximate surface area is 173 Å². The van der Waals surface area contributed by atoms with Gasteiger partial charge in [-0.05, 0) is 51.9 Å². The molecule has 30 heavy (non-hydrogen) atoms. The van der Waals surface area contributed by atoms with Gasteiger partial charge in [0.05, 0.1) is 15.9 Å². The van der Waals surface area contributed by atoms with Gasteiger partial charge in [0, 0.05) is 10.8 Å². The molecule has 6 rings (SSSR count). The average molecular weight is 407 g/mol. The van der Waals surface area contributed by atoms with E-state index in [1.54, 1.807) is 24.3 Å². The zero-order valence-electron chi connectivity index (χ0n) is 16.0. The summed E-state index contributed by atoms with van der Waals surface area (Å²) < 4.78 is 28.9. The summed E-state index contributed by atoms with van der Waals surface area (Å²) in [6.45, 7) is 0. The van der Waals surface area contributed by atoms with E-state index < -0.39 is 10.0 Å². The van der Waals surface area contributed by atoms with Crippen LogP contribution < -0.4 is 0 Å². The van der Waals surface area contributed by atoms with Crippen molar-refractivity contribution in [3.8, 4) is 0 Å². The number of benzene rings is 5. The van der Waals surface area contributed by atoms with E-state index in [1.807, 2.05) is 48.5 Å². The molecule has 3 nitrogen and oxygen atoms in total. The lowest BCUT2D eigenvalue weighted by Gasteiger charge is -2.10. The molecule has 144 valence electrons. The molecule has 0 unspecified atom stereocenters. The van der Waals surface area contributed by atoms with E-state index in [-0.39, 0.29) is 4.90 Å². The minimum atomic E-state index is -3.75. The van der Waals surface area contributed by atoms with Gasteiger partial charge in [-0.1, -0.05) is 72.8 Å². The third kappa shape index (κ3) is 2.34. The number of hydrogen-bond acceptors (Lipinski definition) is 2. The lowest BCUT2D eigenvalue weighted by atomic mass is 10.00. The van der Waals surface area contributed by atoms with Gasteiger partial charge < -0.3 is 0 Å². The quantitative estimate of drug-likeness (QED) is 0.314. The van der Waals surface area contributed by atoms with E-state index >= 15 is 0 Å². The fourth-order valence-electron chi connectivity index (χ4n) is 4.39. The predicted molar refractivity (Wildman–Crippen MR) is 123 cm³/mol. The second kappa shape index (κ2) is 6.18. The summed E-state index contributed by atoms with van der Waals surface area (Å²) in [6.07, 6.45) is 0. The summed E-state index contributed by atoms with van der Waals surface area (Å²) in [5.74, 6) is 0. The number of rotatable bonds is 2. The SMILES string of the molecule is O=S(=O)(c1ccccc1)n1c2ccccc2c2cc3ccc4ccccc4c3cc21. The van der Waals surface area contributed by atoms with E-state index in [0.29, 0.717) is 11.0 Å². The van der Waals surface area contributed by atoms with E-state index in [2.05, 4.69) is 30.3 Å². The third-order valence-electron chi connectivity index (χ3n) is 5.77. The fourth-order valence-corrected chi connectivity index (χ4v) is 5.93. The summed E-state index contributed by atoms with van der Waals surface area (Å²) >= 11 is 0. The standard InChI is InChI=1S/C26H17NO2S/c28-30(29,20-9-2-1-3-10-20)27-25-13-7-6-12-22(25)24-16-19-15-14-18-8-4-5-11-21(18)23(19)17-26(24)27/h1-17H. The molecule has 5 aromatic carbocycles. The monoisotopic (exact) mass is 407 g/mol. The Hall–Kier alpha value is -3.63. The first kappa shape index (κ1) is 17.2. The van der Waals surface area contributed by atoms with Crippen LogP contribution in [0.1, 0.15) is 0 Å². The second-order valence-electron chi connectivity index (χ2n) is 7.48. The molecule has 0 aliphatic carbocycles. The second-order valence-corrected chi connectivity index (χ2v) is 9.26. The Morgan fingerprint density at radius 1 is 0.500 bits per heavy atom. The first-order valence-corrected chi connectivity index (χ1v) is 11.2. The van der Waals surface area contributed by atoms with Crippen LogP contribution in [0.25, 0.3) is 43.4 Å². The van der Waals surface area contributed by atoms with Crippen LogP contribution in [0.15, 0.2) is 108 Å². The van der Waals surface area contributed by atoms with Crippen LogP contribution in [0.5, 0.6) is 0 Å². The molecule has 0 radical (unpaired) electrons. The molecule has 1 aromatic heterocycles. The maximum absolute atomic E-state index is 13.7. The third-order valence-corrected chi connectivity index (χ3v) is 7.52. The van der Waals surface area contributed by atoms with Crippen LogP contribution in [0, 0.1) is 0 Å². The molecule has 0 bridgehead atoms. The van der Waals surface area contributed by atoms with E-state index in [9.17, 15) is 8.42 Å². The average Bonchev–Trinajstić information content (AvgIpc) is 3.12. The van der Waals surface area contributed by atoms with E-state index in [1.165, 1.54) is 3.97 Å². The number of para-hydroxylation sites is 1. The summed E-state index contributed by atoms with van der Waals surface area (Å²) in [6, 6.07) is 32.9. The van der Waals surface area contributed by atoms with Crippen LogP contribution >= 0.6 is 0 Å². The van der Waals surface area contributed by atoms with Crippen molar-refractivity contribution in [2.75, 3.05) is 0 Å². The summed E-state index contributed by atoms with van der Waals surface area (Å²) in [5.41, 5.74) is 1.39. The van der Waals surface area contributed by atoms with Gasteiger partial charge in [-0.3, -0.25) is 0 Å². The topological polar surface area (TPSA) is 39.1 Å². The zero-order chi connectivity index (χ0) is 20.3. The largest absolute Gasteiger partial charge is 0.268 e. The first-order valence-electron chi connectivity index (χ1n) is 9.80. The number of nitrogens with zero attached hydrogens (tertiary/aromatic N) is 1. The molecule has 4 heteroatoms. The van der Waals surface area contributed by atoms with Crippen LogP contribution in [-0.2, 0) is 10.0 Å². The highest BCUT2D eigenvalue weighted by Crippen LogP contribution is 2.37. The van der Waals surface area contributed by atoms with Gasteiger partial charge in [0.15, 0.2) is 0 Å². The number of hydrogen-bond donors (Lipinski definition) is 0. The molecule has 0 spiro atoms. The van der Waals surface area contributed by atoms with Crippen molar-refractivity contribution in [1.82, 2.24) is 3.97 Å². The molecular formula is C26H17NO2S. The molecule has 0 saturated carbocycles. The Morgan fingerprint density at radius 3 is 2.00 bits per heavy atom. The lowest BCUT2D eigenvalue weighted by Crippen LogP contribution is -2.12. The predicted octanol–water partition coefficient (Wildman–Crippen LogP) is 6.34. The first-order chi connectivity index (χ1) is 14.6. The van der Waals surface area contributed by atoms with Gasteiger partial charge in [0.1, 0.15) is 0 Å². The van der Waals surface area contributed by atoms with Crippen molar-refractivity contribution in [2.45, 2.75) is 4.90 Å². The molecule has 0 saturated heterocycles. The smallest absolute Gasteiger partial charge is 0.233 e. The Kier molecular flexibility index (Phi) is 3.55. The Bertz CT molecular complexity index is 1700. The Balaban J connectivity index is 1.83. The highest BCUT2D eigenvalue weighted by atomic mass is 32.2. The minimum Gasteiger partial charge on any atom is -0.233 e. The van der Waals surface area contributed by atoms with E-state index in [0.717, 1.165) is 32.3 Å². The normalized spacial score (nSPS) is 12.3. The summed E-state index contributed by atoms with van der Waals surface area (Å²) in [5, 5.41) is 6.27. The Morgan fingerprint density at radius 2 is 1.17 bits per heavy atom. The van der Waals surface area contributed by atoms with Crippen LogP contribution in [-0.4, -0.2) is 12.4 Å². The van der Waals surface area contributed by atoms with Gasteiger partial charge in [0.2, 0.25) is 0 Å². The highest BCUT2D eigenvalue weighted by molar-refractivity contribution is 7.90. The van der Waals surface area contributed by atoms with Crippen LogP contribution in [0.2, 0.25) is 0 Å². The molecule has 0 atom stereocenters. The molecular weight excluding hydrogens is 390 g/mol. The molecule has 0 aliphatic rings. The van der Waals surface area contributed by atoms with Gasteiger partial charge in [-0.15, -0.1) is 0 Å². The minimum absolute atomic E-state index is 0.283. The molecule has 1 heterocycles. The van der Waals surface area contributed by atoms with Crippen molar-refractivity contribution in [3.05, 3.63) is 103 Å². The summed E-state index contributed by atoms with van der Waals surface area (Å²) in [7, 11) is -3.75. The lowest BCUT2D eigenvalue weighted by molar-refractivity contribution is 0.590. The van der Waals surface area contributed by atoms with Crippen molar-refractivity contribution >= 4 is 53.4 Å². The molecule has 0 N–H and O–H groups in total. The van der Waals surface area contributed by atoms with Gasteiger partial charge >= 0.3 is 0 Å². The fraction of sp³-hybridized carbons (Fsp3) is 0. The van der Waals surface area contributed by atoms with Crippen molar-refractivity contribution in [1.29, 1.82) is 0 Å². The zero-order valence-corrected chi connectivity index (χ0v) is 16.8. The number of fused-ring (bicyclic) bond motifs is 6. The molecule has 0 amide bonds. The van der Waals surface area contributed by atoms with Crippen molar-refractivity contribution < 1.29 is 8.42 Å².